The van der Waals surface area contributed by atoms with Gasteiger partial charge in [0.1, 0.15) is 5.82 Å². The van der Waals surface area contributed by atoms with E-state index >= 15 is 22.0 Å². The lowest BCUT2D eigenvalue weighted by atomic mass is 9.76. The molecule has 2 aromatic rings. The summed E-state index contributed by atoms with van der Waals surface area (Å²) in [6, 6.07) is 4.70. The lowest BCUT2D eigenvalue weighted by Gasteiger charge is -2.36. The zero-order chi connectivity index (χ0) is 28.7. The zero-order valence-electron chi connectivity index (χ0n) is 23.0. The van der Waals surface area contributed by atoms with Gasteiger partial charge in [0.15, 0.2) is 11.6 Å². The van der Waals surface area contributed by atoms with Gasteiger partial charge in [-0.05, 0) is 85.3 Å². The molecule has 1 unspecified atom stereocenters. The maximum absolute atomic E-state index is 15.6. The minimum Gasteiger partial charge on any atom is -0.491 e. The first kappa shape index (κ1) is 29.0. The Morgan fingerprint density at radius 2 is 1.50 bits per heavy atom. The van der Waals surface area contributed by atoms with Gasteiger partial charge in [-0.1, -0.05) is 50.8 Å². The molecule has 2 aliphatic carbocycles. The van der Waals surface area contributed by atoms with Crippen LogP contribution in [0.5, 0.6) is 5.75 Å². The van der Waals surface area contributed by atoms with Gasteiger partial charge < -0.3 is 9.47 Å². The van der Waals surface area contributed by atoms with Crippen LogP contribution in [0.15, 0.2) is 35.9 Å². The predicted molar refractivity (Wildman–Crippen MR) is 142 cm³/mol. The lowest BCUT2D eigenvalue weighted by molar-refractivity contribution is -0.228. The maximum Gasteiger partial charge on any atom is 0.343 e. The van der Waals surface area contributed by atoms with Gasteiger partial charge in [-0.25, -0.2) is 8.78 Å². The van der Waals surface area contributed by atoms with E-state index in [0.29, 0.717) is 18.9 Å². The molecule has 40 heavy (non-hydrogen) atoms. The number of fused-ring (bicyclic) bond motifs is 3. The number of halogens is 6. The molecule has 2 nitrogen and oxygen atoms in total. The van der Waals surface area contributed by atoms with Crippen molar-refractivity contribution in [2.75, 3.05) is 13.2 Å². The molecule has 0 saturated heterocycles. The highest BCUT2D eigenvalue weighted by Gasteiger charge is 2.65. The minimum absolute atomic E-state index is 0.0333. The first-order chi connectivity index (χ1) is 19.1. The number of rotatable bonds is 8. The Hall–Kier alpha value is -2.48. The van der Waals surface area contributed by atoms with Crippen molar-refractivity contribution < 1.29 is 35.8 Å². The van der Waals surface area contributed by atoms with Gasteiger partial charge in [-0.2, -0.15) is 17.6 Å². The summed E-state index contributed by atoms with van der Waals surface area (Å²) in [7, 11) is 0. The summed E-state index contributed by atoms with van der Waals surface area (Å²) < 4.78 is 102. The SMILES string of the molecule is CCCC1CCC(C2CC=C(CCc3ccc4c(c3F)C(F)(F)C(F)(F)c3c-4ccc(OCC)c3F)CO2)CC1. The van der Waals surface area contributed by atoms with Crippen molar-refractivity contribution in [3.8, 4) is 16.9 Å². The highest BCUT2D eigenvalue weighted by Crippen LogP contribution is 2.60. The fraction of sp³-hybridized carbons (Fsp3) is 0.562. The van der Waals surface area contributed by atoms with Crippen LogP contribution < -0.4 is 4.74 Å². The molecule has 0 bridgehead atoms. The third-order valence-electron chi connectivity index (χ3n) is 8.89. The second-order valence-corrected chi connectivity index (χ2v) is 11.4. The standard InChI is InChI=1S/C32H36F6O2/c1-3-5-19-6-10-21(11-7-19)25-16-9-20(18-40-25)8-12-22-13-14-23-24-15-17-26(39-4-2)30(34)28(24)32(37,38)31(35,36)27(23)29(22)33/h9,13-15,17,19,21,25H,3-8,10-12,16,18H2,1-2H3. The largest absolute Gasteiger partial charge is 0.491 e. The van der Waals surface area contributed by atoms with Gasteiger partial charge in [-0.15, -0.1) is 0 Å². The fourth-order valence-electron chi connectivity index (χ4n) is 6.69. The second kappa shape index (κ2) is 11.4. The number of ether oxygens (including phenoxy) is 2. The van der Waals surface area contributed by atoms with Crippen LogP contribution in [-0.4, -0.2) is 19.3 Å². The smallest absolute Gasteiger partial charge is 0.343 e. The minimum atomic E-state index is -4.96. The molecule has 1 fully saturated rings. The summed E-state index contributed by atoms with van der Waals surface area (Å²) in [4.78, 5) is 0. The molecule has 0 spiro atoms. The highest BCUT2D eigenvalue weighted by molar-refractivity contribution is 5.77. The van der Waals surface area contributed by atoms with E-state index in [-0.39, 0.29) is 24.7 Å². The molecule has 0 N–H and O–H groups in total. The normalized spacial score (nSPS) is 25.1. The summed E-state index contributed by atoms with van der Waals surface area (Å²) in [6.07, 6.45) is 10.8. The lowest BCUT2D eigenvalue weighted by Crippen LogP contribution is -2.41. The molecule has 5 rings (SSSR count). The number of hydrogen-bond donors (Lipinski definition) is 0. The van der Waals surface area contributed by atoms with E-state index in [9.17, 15) is 4.39 Å². The van der Waals surface area contributed by atoms with Crippen LogP contribution >= 0.6 is 0 Å². The summed E-state index contributed by atoms with van der Waals surface area (Å²) >= 11 is 0. The van der Waals surface area contributed by atoms with Crippen LogP contribution in [0.1, 0.15) is 81.9 Å². The molecule has 3 aliphatic rings. The molecular formula is C32H36F6O2. The average Bonchev–Trinajstić information content (AvgIpc) is 2.93. The summed E-state index contributed by atoms with van der Waals surface area (Å²) in [5, 5.41) is 0. The fourth-order valence-corrected chi connectivity index (χ4v) is 6.69. The van der Waals surface area contributed by atoms with E-state index in [1.165, 1.54) is 44.7 Å². The topological polar surface area (TPSA) is 18.5 Å². The Morgan fingerprint density at radius 1 is 0.850 bits per heavy atom. The van der Waals surface area contributed by atoms with Crippen molar-refractivity contribution in [2.24, 2.45) is 11.8 Å². The van der Waals surface area contributed by atoms with Crippen molar-refractivity contribution in [1.29, 1.82) is 0 Å². The van der Waals surface area contributed by atoms with E-state index in [0.717, 1.165) is 42.9 Å². The van der Waals surface area contributed by atoms with Crippen LogP contribution in [0, 0.1) is 23.5 Å². The third kappa shape index (κ3) is 5.05. The summed E-state index contributed by atoms with van der Waals surface area (Å²) in [5.41, 5.74) is -2.90. The third-order valence-corrected chi connectivity index (χ3v) is 8.89. The van der Waals surface area contributed by atoms with E-state index in [2.05, 4.69) is 13.0 Å². The van der Waals surface area contributed by atoms with Crippen molar-refractivity contribution >= 4 is 0 Å². The van der Waals surface area contributed by atoms with E-state index in [1.807, 2.05) is 0 Å². The van der Waals surface area contributed by atoms with Crippen molar-refractivity contribution in [3.05, 3.63) is 64.2 Å². The first-order valence-electron chi connectivity index (χ1n) is 14.4. The van der Waals surface area contributed by atoms with E-state index < -0.39 is 51.5 Å². The number of aryl methyl sites for hydroxylation is 1. The quantitative estimate of drug-likeness (QED) is 0.234. The van der Waals surface area contributed by atoms with Gasteiger partial charge in [0.2, 0.25) is 0 Å². The van der Waals surface area contributed by atoms with E-state index in [4.69, 9.17) is 9.47 Å². The Balaban J connectivity index is 1.33. The zero-order valence-corrected chi connectivity index (χ0v) is 23.0. The van der Waals surface area contributed by atoms with Crippen LogP contribution in [0.3, 0.4) is 0 Å². The van der Waals surface area contributed by atoms with Gasteiger partial charge in [0, 0.05) is 0 Å². The molecule has 1 aliphatic heterocycles. The Labute approximate surface area is 231 Å². The molecule has 218 valence electrons. The molecule has 8 heteroatoms. The number of alkyl halides is 4. The van der Waals surface area contributed by atoms with Gasteiger partial charge in [0.05, 0.1) is 30.4 Å². The van der Waals surface area contributed by atoms with Gasteiger partial charge >= 0.3 is 11.8 Å². The average molecular weight is 567 g/mol. The van der Waals surface area contributed by atoms with Crippen LogP contribution in [-0.2, 0) is 23.0 Å². The van der Waals surface area contributed by atoms with Crippen molar-refractivity contribution in [3.63, 3.8) is 0 Å². The van der Waals surface area contributed by atoms with E-state index in [1.54, 1.807) is 0 Å². The number of hydrogen-bond acceptors (Lipinski definition) is 2. The molecular weight excluding hydrogens is 530 g/mol. The Kier molecular flexibility index (Phi) is 8.29. The van der Waals surface area contributed by atoms with Crippen molar-refractivity contribution in [2.45, 2.75) is 89.6 Å². The Bertz CT molecular complexity index is 1260. The molecule has 0 amide bonds. The van der Waals surface area contributed by atoms with Gasteiger partial charge in [0.25, 0.3) is 0 Å². The molecule has 0 aromatic heterocycles. The number of benzene rings is 2. The maximum atomic E-state index is 15.6. The monoisotopic (exact) mass is 566 g/mol. The van der Waals surface area contributed by atoms with Gasteiger partial charge in [-0.3, -0.25) is 0 Å². The molecule has 1 heterocycles. The van der Waals surface area contributed by atoms with Crippen LogP contribution in [0.4, 0.5) is 26.3 Å². The highest BCUT2D eigenvalue weighted by atomic mass is 19.3. The molecule has 1 atom stereocenters. The van der Waals surface area contributed by atoms with Crippen molar-refractivity contribution in [1.82, 2.24) is 0 Å². The Morgan fingerprint density at radius 3 is 2.10 bits per heavy atom. The molecule has 0 radical (unpaired) electrons. The second-order valence-electron chi connectivity index (χ2n) is 11.4. The van der Waals surface area contributed by atoms with Crippen LogP contribution in [0.2, 0.25) is 0 Å². The summed E-state index contributed by atoms with van der Waals surface area (Å²) in [6.45, 7) is 4.10. The molecule has 1 saturated carbocycles. The predicted octanol–water partition coefficient (Wildman–Crippen LogP) is 9.48. The van der Waals surface area contributed by atoms with Crippen LogP contribution in [0.25, 0.3) is 11.1 Å². The molecule has 2 aromatic carbocycles. The first-order valence-corrected chi connectivity index (χ1v) is 14.4. The summed E-state index contributed by atoms with van der Waals surface area (Å²) in [5.74, 6) is -12.0.